The van der Waals surface area contributed by atoms with Crippen LogP contribution < -0.4 is 5.32 Å². The molecule has 1 aliphatic heterocycles. The first-order valence-electron chi connectivity index (χ1n) is 6.96. The van der Waals surface area contributed by atoms with Gasteiger partial charge in [0.05, 0.1) is 17.8 Å². The predicted octanol–water partition coefficient (Wildman–Crippen LogP) is 2.52. The lowest BCUT2D eigenvalue weighted by molar-refractivity contribution is -0.138. The van der Waals surface area contributed by atoms with Crippen molar-refractivity contribution in [2.45, 2.75) is 25.1 Å². The van der Waals surface area contributed by atoms with E-state index in [0.29, 0.717) is 30.6 Å². The van der Waals surface area contributed by atoms with Crippen molar-refractivity contribution in [2.75, 3.05) is 13.2 Å². The monoisotopic (exact) mass is 312 g/mol. The molecule has 1 aromatic rings. The molecule has 1 aromatic carbocycles. The predicted molar refractivity (Wildman–Crippen MR) is 72.9 cm³/mol. The Morgan fingerprint density at radius 3 is 2.82 bits per heavy atom. The molecule has 0 aromatic heterocycles. The van der Waals surface area contributed by atoms with Gasteiger partial charge in [-0.3, -0.25) is 4.90 Å². The Balaban J connectivity index is 1.90. The third-order valence-electron chi connectivity index (χ3n) is 4.20. The third-order valence-corrected chi connectivity index (χ3v) is 4.20. The van der Waals surface area contributed by atoms with Crippen LogP contribution in [0.4, 0.5) is 13.2 Å². The van der Waals surface area contributed by atoms with Crippen molar-refractivity contribution in [3.05, 3.63) is 46.7 Å². The van der Waals surface area contributed by atoms with Gasteiger partial charge >= 0.3 is 12.1 Å². The van der Waals surface area contributed by atoms with Gasteiger partial charge in [0.15, 0.2) is 0 Å². The Morgan fingerprint density at radius 2 is 2.14 bits per heavy atom. The van der Waals surface area contributed by atoms with Crippen LogP contribution in [0.15, 0.2) is 30.0 Å². The summed E-state index contributed by atoms with van der Waals surface area (Å²) in [5, 5.41) is 11.9. The van der Waals surface area contributed by atoms with Crippen LogP contribution in [0.2, 0.25) is 0 Å². The molecule has 0 saturated carbocycles. The van der Waals surface area contributed by atoms with Gasteiger partial charge in [0.2, 0.25) is 0 Å². The van der Waals surface area contributed by atoms with E-state index in [1.54, 1.807) is 6.07 Å². The highest BCUT2D eigenvalue weighted by atomic mass is 19.4. The minimum atomic E-state index is -4.35. The standard InChI is InChI=1S/C15H15F3N2O2/c16-15(17,18)12-3-1-2-11-10(12)4-5-13(11)20-7-9(14(21)22)6-19-8-20/h1-3,6,13,19H,4-5,7-8H2,(H,21,22)/t13-/m1/s1. The van der Waals surface area contributed by atoms with E-state index in [1.807, 2.05) is 4.90 Å². The minimum absolute atomic E-state index is 0.187. The fourth-order valence-electron chi connectivity index (χ4n) is 3.23. The Hall–Kier alpha value is -2.02. The number of rotatable bonds is 2. The number of benzene rings is 1. The molecule has 2 N–H and O–H groups in total. The second-order valence-corrected chi connectivity index (χ2v) is 5.51. The summed E-state index contributed by atoms with van der Waals surface area (Å²) in [5.74, 6) is -1.01. The molecule has 0 fully saturated rings. The molecule has 1 atom stereocenters. The van der Waals surface area contributed by atoms with Gasteiger partial charge in [-0.2, -0.15) is 13.2 Å². The molecule has 2 aliphatic rings. The van der Waals surface area contributed by atoms with E-state index in [2.05, 4.69) is 5.32 Å². The van der Waals surface area contributed by atoms with E-state index in [1.165, 1.54) is 12.3 Å². The quantitative estimate of drug-likeness (QED) is 0.881. The molecule has 7 heteroatoms. The first kappa shape index (κ1) is 14.9. The fraction of sp³-hybridized carbons (Fsp3) is 0.400. The number of carbonyl (C=O) groups is 1. The van der Waals surface area contributed by atoms with Crippen LogP contribution in [-0.2, 0) is 17.4 Å². The lowest BCUT2D eigenvalue weighted by atomic mass is 10.0. The lowest BCUT2D eigenvalue weighted by Crippen LogP contribution is -2.41. The largest absolute Gasteiger partial charge is 0.478 e. The van der Waals surface area contributed by atoms with Gasteiger partial charge in [0.1, 0.15) is 0 Å². The highest BCUT2D eigenvalue weighted by Crippen LogP contribution is 2.42. The van der Waals surface area contributed by atoms with Gasteiger partial charge in [-0.25, -0.2) is 4.79 Å². The van der Waals surface area contributed by atoms with E-state index in [-0.39, 0.29) is 18.2 Å². The van der Waals surface area contributed by atoms with E-state index < -0.39 is 17.7 Å². The van der Waals surface area contributed by atoms with Crippen LogP contribution in [-0.4, -0.2) is 29.2 Å². The zero-order chi connectivity index (χ0) is 15.9. The van der Waals surface area contributed by atoms with Gasteiger partial charge in [-0.15, -0.1) is 0 Å². The van der Waals surface area contributed by atoms with Gasteiger partial charge in [-0.05, 0) is 30.0 Å². The second-order valence-electron chi connectivity index (χ2n) is 5.51. The average Bonchev–Trinajstić information content (AvgIpc) is 2.90. The first-order valence-corrected chi connectivity index (χ1v) is 6.96. The zero-order valence-electron chi connectivity index (χ0n) is 11.7. The topological polar surface area (TPSA) is 52.6 Å². The maximum Gasteiger partial charge on any atom is 0.416 e. The van der Waals surface area contributed by atoms with Crippen molar-refractivity contribution < 1.29 is 23.1 Å². The molecule has 0 amide bonds. The Labute approximate surface area is 125 Å². The summed E-state index contributed by atoms with van der Waals surface area (Å²) < 4.78 is 39.2. The molecule has 0 unspecified atom stereocenters. The summed E-state index contributed by atoms with van der Waals surface area (Å²) in [4.78, 5) is 12.9. The van der Waals surface area contributed by atoms with Crippen LogP contribution in [0.3, 0.4) is 0 Å². The molecule has 1 heterocycles. The van der Waals surface area contributed by atoms with Gasteiger partial charge in [0.25, 0.3) is 0 Å². The summed E-state index contributed by atoms with van der Waals surface area (Å²) in [7, 11) is 0. The number of carboxylic acid groups (broad SMARTS) is 1. The summed E-state index contributed by atoms with van der Waals surface area (Å²) >= 11 is 0. The van der Waals surface area contributed by atoms with Gasteiger partial charge in [0, 0.05) is 18.8 Å². The van der Waals surface area contributed by atoms with Crippen molar-refractivity contribution in [3.8, 4) is 0 Å². The van der Waals surface area contributed by atoms with Crippen LogP contribution in [0, 0.1) is 0 Å². The number of nitrogens with one attached hydrogen (secondary N) is 1. The lowest BCUT2D eigenvalue weighted by Gasteiger charge is -2.32. The minimum Gasteiger partial charge on any atom is -0.478 e. The Kier molecular flexibility index (Phi) is 3.60. The van der Waals surface area contributed by atoms with Gasteiger partial charge in [-0.1, -0.05) is 12.1 Å². The van der Waals surface area contributed by atoms with Crippen LogP contribution in [0.5, 0.6) is 0 Å². The van der Waals surface area contributed by atoms with Crippen molar-refractivity contribution in [1.29, 1.82) is 0 Å². The van der Waals surface area contributed by atoms with Crippen LogP contribution >= 0.6 is 0 Å². The molecule has 3 rings (SSSR count). The summed E-state index contributed by atoms with van der Waals surface area (Å²) in [6.07, 6.45) is -1.98. The molecule has 118 valence electrons. The summed E-state index contributed by atoms with van der Waals surface area (Å²) in [6, 6.07) is 4.05. The zero-order valence-corrected chi connectivity index (χ0v) is 11.7. The van der Waals surface area contributed by atoms with Gasteiger partial charge < -0.3 is 10.4 Å². The number of alkyl halides is 3. The Morgan fingerprint density at radius 1 is 1.36 bits per heavy atom. The number of fused-ring (bicyclic) bond motifs is 1. The summed E-state index contributed by atoms with van der Waals surface area (Å²) in [6.45, 7) is 0.653. The third kappa shape index (κ3) is 2.56. The van der Waals surface area contributed by atoms with Crippen LogP contribution in [0.1, 0.15) is 29.2 Å². The smallest absolute Gasteiger partial charge is 0.416 e. The fourth-order valence-corrected chi connectivity index (χ4v) is 3.23. The molecule has 0 spiro atoms. The maximum absolute atomic E-state index is 13.1. The van der Waals surface area contributed by atoms with E-state index in [9.17, 15) is 18.0 Å². The molecule has 22 heavy (non-hydrogen) atoms. The van der Waals surface area contributed by atoms with Crippen molar-refractivity contribution in [2.24, 2.45) is 0 Å². The molecule has 0 bridgehead atoms. The van der Waals surface area contributed by atoms with Crippen molar-refractivity contribution in [1.82, 2.24) is 10.2 Å². The normalized spacial score (nSPS) is 22.0. The highest BCUT2D eigenvalue weighted by molar-refractivity contribution is 5.87. The number of aliphatic carboxylic acids is 1. The molecule has 1 aliphatic carbocycles. The molecule has 0 radical (unpaired) electrons. The van der Waals surface area contributed by atoms with E-state index in [0.717, 1.165) is 6.07 Å². The molecular formula is C15H15F3N2O2. The molecular weight excluding hydrogens is 297 g/mol. The Bertz CT molecular complexity index is 640. The van der Waals surface area contributed by atoms with E-state index in [4.69, 9.17) is 5.11 Å². The van der Waals surface area contributed by atoms with E-state index >= 15 is 0 Å². The average molecular weight is 312 g/mol. The second kappa shape index (κ2) is 5.31. The first-order chi connectivity index (χ1) is 10.4. The maximum atomic E-state index is 13.1. The highest BCUT2D eigenvalue weighted by Gasteiger charge is 2.39. The number of hydrogen-bond donors (Lipinski definition) is 2. The number of carboxylic acids is 1. The number of hydrogen-bond acceptors (Lipinski definition) is 3. The SMILES string of the molecule is O=C(O)C1=CNCN([C@@H]2CCc3c2cccc3C(F)(F)F)C1. The van der Waals surface area contributed by atoms with Crippen molar-refractivity contribution in [3.63, 3.8) is 0 Å². The summed E-state index contributed by atoms with van der Waals surface area (Å²) in [5.41, 5.74) is 0.632. The number of nitrogens with zero attached hydrogens (tertiary/aromatic N) is 1. The molecule has 0 saturated heterocycles. The number of halogens is 3. The van der Waals surface area contributed by atoms with Crippen LogP contribution in [0.25, 0.3) is 0 Å². The molecule has 4 nitrogen and oxygen atoms in total. The van der Waals surface area contributed by atoms with Crippen molar-refractivity contribution >= 4 is 5.97 Å².